The van der Waals surface area contributed by atoms with E-state index in [1.54, 1.807) is 0 Å². The van der Waals surface area contributed by atoms with Crippen molar-refractivity contribution in [3.63, 3.8) is 0 Å². The zero-order valence-corrected chi connectivity index (χ0v) is 11.3. The molecular weight excluding hydrogens is 224 g/mol. The van der Waals surface area contributed by atoms with E-state index in [9.17, 15) is 0 Å². The smallest absolute Gasteiger partial charge is 0.0780 e. The van der Waals surface area contributed by atoms with Crippen LogP contribution in [-0.2, 0) is 9.47 Å². The van der Waals surface area contributed by atoms with E-state index in [1.807, 2.05) is 13.8 Å². The lowest BCUT2D eigenvalue weighted by molar-refractivity contribution is -0.0457. The average Bonchev–Trinajstić information content (AvgIpc) is 2.36. The summed E-state index contributed by atoms with van der Waals surface area (Å²) in [7, 11) is 0. The topological polar surface area (TPSA) is 79.2 Å². The van der Waals surface area contributed by atoms with Crippen molar-refractivity contribution in [2.45, 2.75) is 45.8 Å². The first kappa shape index (κ1) is 19.1. The number of unbranched alkanes of at least 4 members (excludes halogenated alkanes) is 1. The summed E-state index contributed by atoms with van der Waals surface area (Å²) < 4.78 is 10.8. The summed E-state index contributed by atoms with van der Waals surface area (Å²) in [5.41, 5.74) is 0. The first-order chi connectivity index (χ1) is 8.12. The van der Waals surface area contributed by atoms with Crippen LogP contribution in [0.3, 0.4) is 0 Å². The van der Waals surface area contributed by atoms with Gasteiger partial charge in [-0.25, -0.2) is 0 Å². The highest BCUT2D eigenvalue weighted by molar-refractivity contribution is 4.51. The highest BCUT2D eigenvalue weighted by atomic mass is 16.5. The molecule has 0 aromatic heterocycles. The number of ether oxygens (including phenoxy) is 2. The Balaban J connectivity index is 0. The summed E-state index contributed by atoms with van der Waals surface area (Å²) in [6.07, 6.45) is 2.29. The molecule has 0 aromatic rings. The molecule has 2 atom stereocenters. The molecule has 0 rings (SSSR count). The second kappa shape index (κ2) is 15.8. The molecular formula is C12H28O5. The van der Waals surface area contributed by atoms with Gasteiger partial charge in [-0.3, -0.25) is 0 Å². The number of rotatable bonds is 9. The highest BCUT2D eigenvalue weighted by Gasteiger charge is 2.05. The molecule has 17 heavy (non-hydrogen) atoms. The van der Waals surface area contributed by atoms with Crippen LogP contribution in [0.4, 0.5) is 0 Å². The standard InChI is InChI=1S/C10H22O3.C2H6O2/c1-4-5-6-12-10(3)8-13-9(2)7-11;3-1-2-4/h9-11H,4-8H2,1-3H3;3-4H,1-2H2. The van der Waals surface area contributed by atoms with E-state index < -0.39 is 0 Å². The number of aliphatic hydroxyl groups is 3. The first-order valence-corrected chi connectivity index (χ1v) is 6.18. The summed E-state index contributed by atoms with van der Waals surface area (Å²) in [4.78, 5) is 0. The molecule has 0 fully saturated rings. The van der Waals surface area contributed by atoms with Gasteiger partial charge in [-0.2, -0.15) is 0 Å². The SMILES string of the molecule is CCCCOC(C)COC(C)CO.OCCO. The van der Waals surface area contributed by atoms with E-state index >= 15 is 0 Å². The second-order valence-electron chi connectivity index (χ2n) is 3.81. The fraction of sp³-hybridized carbons (Fsp3) is 1.00. The van der Waals surface area contributed by atoms with E-state index in [0.717, 1.165) is 19.4 Å². The van der Waals surface area contributed by atoms with Crippen LogP contribution in [0.5, 0.6) is 0 Å². The minimum Gasteiger partial charge on any atom is -0.394 e. The van der Waals surface area contributed by atoms with Crippen molar-refractivity contribution < 1.29 is 24.8 Å². The molecule has 0 aliphatic heterocycles. The molecule has 0 heterocycles. The van der Waals surface area contributed by atoms with Gasteiger partial charge in [0, 0.05) is 6.61 Å². The van der Waals surface area contributed by atoms with E-state index in [0.29, 0.717) is 6.61 Å². The zero-order valence-electron chi connectivity index (χ0n) is 11.3. The van der Waals surface area contributed by atoms with Crippen molar-refractivity contribution in [2.24, 2.45) is 0 Å². The Kier molecular flexibility index (Phi) is 17.8. The van der Waals surface area contributed by atoms with Crippen LogP contribution < -0.4 is 0 Å². The molecule has 5 heteroatoms. The molecule has 0 saturated heterocycles. The van der Waals surface area contributed by atoms with E-state index in [-0.39, 0.29) is 32.0 Å². The summed E-state index contributed by atoms with van der Waals surface area (Å²) >= 11 is 0. The lowest BCUT2D eigenvalue weighted by atomic mass is 10.3. The zero-order chi connectivity index (χ0) is 13.5. The van der Waals surface area contributed by atoms with Crippen molar-refractivity contribution >= 4 is 0 Å². The average molecular weight is 252 g/mol. The second-order valence-corrected chi connectivity index (χ2v) is 3.81. The minimum absolute atomic E-state index is 0.0711. The van der Waals surface area contributed by atoms with Crippen LogP contribution in [0, 0.1) is 0 Å². The molecule has 0 radical (unpaired) electrons. The van der Waals surface area contributed by atoms with Gasteiger partial charge in [0.2, 0.25) is 0 Å². The van der Waals surface area contributed by atoms with Gasteiger partial charge in [0.25, 0.3) is 0 Å². The van der Waals surface area contributed by atoms with Gasteiger partial charge in [0.1, 0.15) is 0 Å². The fourth-order valence-electron chi connectivity index (χ4n) is 0.829. The van der Waals surface area contributed by atoms with Crippen LogP contribution in [0.1, 0.15) is 33.6 Å². The fourth-order valence-corrected chi connectivity index (χ4v) is 0.829. The number of hydrogen-bond acceptors (Lipinski definition) is 5. The lowest BCUT2D eigenvalue weighted by Crippen LogP contribution is -2.22. The van der Waals surface area contributed by atoms with Gasteiger partial charge in [0.05, 0.1) is 38.6 Å². The van der Waals surface area contributed by atoms with Gasteiger partial charge in [-0.15, -0.1) is 0 Å². The predicted molar refractivity (Wildman–Crippen MR) is 67.0 cm³/mol. The van der Waals surface area contributed by atoms with Crippen molar-refractivity contribution in [1.82, 2.24) is 0 Å². The summed E-state index contributed by atoms with van der Waals surface area (Å²) in [6, 6.07) is 0. The van der Waals surface area contributed by atoms with Crippen molar-refractivity contribution in [2.75, 3.05) is 33.0 Å². The van der Waals surface area contributed by atoms with Crippen LogP contribution in [0.25, 0.3) is 0 Å². The Morgan fingerprint density at radius 3 is 1.94 bits per heavy atom. The Morgan fingerprint density at radius 2 is 1.53 bits per heavy atom. The number of hydrogen-bond donors (Lipinski definition) is 3. The quantitative estimate of drug-likeness (QED) is 0.523. The van der Waals surface area contributed by atoms with Crippen molar-refractivity contribution in [3.8, 4) is 0 Å². The number of aliphatic hydroxyl groups excluding tert-OH is 3. The van der Waals surface area contributed by atoms with E-state index in [2.05, 4.69) is 6.92 Å². The van der Waals surface area contributed by atoms with Crippen LogP contribution in [0.15, 0.2) is 0 Å². The molecule has 0 aliphatic carbocycles. The predicted octanol–water partition coefficient (Wildman–Crippen LogP) is 0.560. The van der Waals surface area contributed by atoms with Gasteiger partial charge >= 0.3 is 0 Å². The summed E-state index contributed by atoms with van der Waals surface area (Å²) in [5.74, 6) is 0. The Hall–Kier alpha value is -0.200. The highest BCUT2D eigenvalue weighted by Crippen LogP contribution is 1.98. The molecule has 0 bridgehead atoms. The van der Waals surface area contributed by atoms with Crippen molar-refractivity contribution in [3.05, 3.63) is 0 Å². The molecule has 0 spiro atoms. The maximum absolute atomic E-state index is 8.70. The maximum atomic E-state index is 8.70. The van der Waals surface area contributed by atoms with Crippen LogP contribution in [-0.4, -0.2) is 60.6 Å². The summed E-state index contributed by atoms with van der Waals surface area (Å²) in [6.45, 7) is 7.15. The van der Waals surface area contributed by atoms with Gasteiger partial charge in [-0.1, -0.05) is 13.3 Å². The normalized spacial score (nSPS) is 13.8. The first-order valence-electron chi connectivity index (χ1n) is 6.18. The molecule has 2 unspecified atom stereocenters. The Morgan fingerprint density at radius 1 is 0.941 bits per heavy atom. The van der Waals surface area contributed by atoms with E-state index in [1.165, 1.54) is 0 Å². The van der Waals surface area contributed by atoms with Gasteiger partial charge in [0.15, 0.2) is 0 Å². The molecule has 3 N–H and O–H groups in total. The molecule has 0 amide bonds. The minimum atomic E-state index is -0.125. The third-order valence-electron chi connectivity index (χ3n) is 1.87. The van der Waals surface area contributed by atoms with E-state index in [4.69, 9.17) is 24.8 Å². The maximum Gasteiger partial charge on any atom is 0.0780 e. The lowest BCUT2D eigenvalue weighted by Gasteiger charge is -2.15. The Labute approximate surface area is 104 Å². The third kappa shape index (κ3) is 18.4. The van der Waals surface area contributed by atoms with Crippen LogP contribution in [0.2, 0.25) is 0 Å². The van der Waals surface area contributed by atoms with Crippen LogP contribution >= 0.6 is 0 Å². The molecule has 106 valence electrons. The monoisotopic (exact) mass is 252 g/mol. The summed E-state index contributed by atoms with van der Waals surface area (Å²) in [5, 5.41) is 23.9. The third-order valence-corrected chi connectivity index (χ3v) is 1.87. The molecule has 0 aromatic carbocycles. The van der Waals surface area contributed by atoms with Gasteiger partial charge < -0.3 is 24.8 Å². The van der Waals surface area contributed by atoms with Crippen molar-refractivity contribution in [1.29, 1.82) is 0 Å². The van der Waals surface area contributed by atoms with Gasteiger partial charge in [-0.05, 0) is 20.3 Å². The largest absolute Gasteiger partial charge is 0.394 e. The molecule has 5 nitrogen and oxygen atoms in total. The molecule has 0 saturated carbocycles. The Bertz CT molecular complexity index is 130. The molecule has 0 aliphatic rings.